The van der Waals surface area contributed by atoms with Crippen LogP contribution in [0.2, 0.25) is 10.0 Å². The van der Waals surface area contributed by atoms with Crippen molar-refractivity contribution in [2.75, 3.05) is 18.0 Å². The molecule has 2 amide bonds. The van der Waals surface area contributed by atoms with Crippen molar-refractivity contribution in [3.63, 3.8) is 0 Å². The molecule has 0 aliphatic carbocycles. The van der Waals surface area contributed by atoms with Crippen LogP contribution in [-0.4, -0.2) is 29.0 Å². The van der Waals surface area contributed by atoms with Gasteiger partial charge in [0, 0.05) is 46.3 Å². The maximum absolute atomic E-state index is 15.0. The minimum Gasteiger partial charge on any atom is -0.318 e. The standard InChI is InChI=1S/C22H23Cl2FN4O/c1-15-14-28(22(30)26-27-11-3-2-4-12-27)21(19-10-7-17(24)13-20(19)25)29(15)18-8-5-16(23)6-9-18/h5-10,13-14,21H,2-4,11-12H2,1H3,(H,26,30). The summed E-state index contributed by atoms with van der Waals surface area (Å²) in [6.45, 7) is 3.51. The number of allylic oxidation sites excluding steroid dienone is 1. The fourth-order valence-corrected chi connectivity index (χ4v) is 4.25. The van der Waals surface area contributed by atoms with E-state index in [1.54, 1.807) is 30.5 Å². The van der Waals surface area contributed by atoms with E-state index in [0.717, 1.165) is 43.7 Å². The zero-order valence-electron chi connectivity index (χ0n) is 16.6. The summed E-state index contributed by atoms with van der Waals surface area (Å²) in [6, 6.07) is 11.5. The Balaban J connectivity index is 1.70. The second-order valence-corrected chi connectivity index (χ2v) is 8.40. The average molecular weight is 449 g/mol. The Kier molecular flexibility index (Phi) is 6.18. The molecule has 0 spiro atoms. The highest BCUT2D eigenvalue weighted by Crippen LogP contribution is 2.40. The zero-order chi connectivity index (χ0) is 21.3. The van der Waals surface area contributed by atoms with Crippen LogP contribution in [0.25, 0.3) is 0 Å². The van der Waals surface area contributed by atoms with Crippen LogP contribution >= 0.6 is 23.2 Å². The number of hydrogen-bond donors (Lipinski definition) is 1. The molecule has 0 aromatic heterocycles. The van der Waals surface area contributed by atoms with Gasteiger partial charge in [0.25, 0.3) is 0 Å². The number of nitrogens with zero attached hydrogens (tertiary/aromatic N) is 3. The third-order valence-corrected chi connectivity index (χ3v) is 5.89. The number of anilines is 1. The fraction of sp³-hybridized carbons (Fsp3) is 0.318. The summed E-state index contributed by atoms with van der Waals surface area (Å²) in [5.74, 6) is -0.467. The van der Waals surface area contributed by atoms with Gasteiger partial charge in [-0.1, -0.05) is 35.7 Å². The van der Waals surface area contributed by atoms with Crippen molar-refractivity contribution in [2.45, 2.75) is 32.4 Å². The van der Waals surface area contributed by atoms with Crippen LogP contribution in [0.5, 0.6) is 0 Å². The Morgan fingerprint density at radius 3 is 2.37 bits per heavy atom. The quantitative estimate of drug-likeness (QED) is 0.632. The molecule has 1 N–H and O–H groups in total. The third-order valence-electron chi connectivity index (χ3n) is 5.40. The largest absolute Gasteiger partial charge is 0.337 e. The van der Waals surface area contributed by atoms with Crippen molar-refractivity contribution < 1.29 is 9.18 Å². The maximum Gasteiger partial charge on any atom is 0.337 e. The molecule has 158 valence electrons. The van der Waals surface area contributed by atoms with E-state index in [4.69, 9.17) is 23.2 Å². The van der Waals surface area contributed by atoms with Crippen LogP contribution in [0, 0.1) is 5.82 Å². The SMILES string of the molecule is CC1=CN(C(=O)NN2CCCCC2)C(c2ccc(Cl)cc2F)N1c1ccc(Cl)cc1. The molecule has 0 radical (unpaired) electrons. The van der Waals surface area contributed by atoms with E-state index < -0.39 is 12.0 Å². The lowest BCUT2D eigenvalue weighted by Gasteiger charge is -2.35. The highest BCUT2D eigenvalue weighted by atomic mass is 35.5. The van der Waals surface area contributed by atoms with E-state index in [2.05, 4.69) is 5.43 Å². The first kappa shape index (κ1) is 21.0. The van der Waals surface area contributed by atoms with Gasteiger partial charge in [-0.3, -0.25) is 10.3 Å². The molecule has 2 aliphatic rings. The average Bonchev–Trinajstić information content (AvgIpc) is 3.06. The summed E-state index contributed by atoms with van der Waals surface area (Å²) < 4.78 is 15.0. The summed E-state index contributed by atoms with van der Waals surface area (Å²) in [7, 11) is 0. The predicted molar refractivity (Wildman–Crippen MR) is 118 cm³/mol. The second-order valence-electron chi connectivity index (χ2n) is 7.53. The second kappa shape index (κ2) is 8.84. The summed E-state index contributed by atoms with van der Waals surface area (Å²) in [4.78, 5) is 16.6. The molecule has 0 saturated carbocycles. The molecule has 1 unspecified atom stereocenters. The lowest BCUT2D eigenvalue weighted by Crippen LogP contribution is -2.50. The van der Waals surface area contributed by atoms with Crippen LogP contribution in [0.3, 0.4) is 0 Å². The van der Waals surface area contributed by atoms with Crippen LogP contribution in [0.4, 0.5) is 14.9 Å². The minimum atomic E-state index is -0.687. The number of benzene rings is 2. The van der Waals surface area contributed by atoms with Gasteiger partial charge < -0.3 is 4.90 Å². The zero-order valence-corrected chi connectivity index (χ0v) is 18.1. The minimum absolute atomic E-state index is 0.299. The first-order chi connectivity index (χ1) is 14.4. The Bertz CT molecular complexity index is 960. The van der Waals surface area contributed by atoms with E-state index in [9.17, 15) is 9.18 Å². The Hall–Kier alpha value is -2.28. The summed E-state index contributed by atoms with van der Waals surface area (Å²) in [5.41, 5.74) is 4.95. The molecule has 30 heavy (non-hydrogen) atoms. The number of hydrogen-bond acceptors (Lipinski definition) is 3. The van der Waals surface area contributed by atoms with E-state index >= 15 is 0 Å². The summed E-state index contributed by atoms with van der Waals surface area (Å²) in [6.07, 6.45) is 4.31. The topological polar surface area (TPSA) is 38.8 Å². The van der Waals surface area contributed by atoms with Crippen LogP contribution in [0.1, 0.15) is 37.9 Å². The summed E-state index contributed by atoms with van der Waals surface area (Å²) >= 11 is 12.0. The molecule has 1 saturated heterocycles. The first-order valence-corrected chi connectivity index (χ1v) is 10.7. The highest BCUT2D eigenvalue weighted by molar-refractivity contribution is 6.30. The summed E-state index contributed by atoms with van der Waals surface area (Å²) in [5, 5.41) is 2.84. The van der Waals surface area contributed by atoms with E-state index in [0.29, 0.717) is 15.6 Å². The molecule has 2 aromatic rings. The maximum atomic E-state index is 15.0. The van der Waals surface area contributed by atoms with Crippen molar-refractivity contribution in [1.29, 1.82) is 0 Å². The Morgan fingerprint density at radius 1 is 1.03 bits per heavy atom. The number of nitrogens with one attached hydrogen (secondary N) is 1. The van der Waals surface area contributed by atoms with E-state index in [1.807, 2.05) is 29.0 Å². The number of piperidine rings is 1. The van der Waals surface area contributed by atoms with Gasteiger partial charge in [0.1, 0.15) is 12.0 Å². The lowest BCUT2D eigenvalue weighted by molar-refractivity contribution is 0.133. The molecule has 2 aliphatic heterocycles. The molecule has 4 rings (SSSR count). The van der Waals surface area contributed by atoms with Gasteiger partial charge in [-0.25, -0.2) is 14.2 Å². The van der Waals surface area contributed by atoms with Crippen LogP contribution in [-0.2, 0) is 0 Å². The van der Waals surface area contributed by atoms with Gasteiger partial charge in [0.15, 0.2) is 0 Å². The number of carbonyl (C=O) groups is 1. The molecule has 5 nitrogen and oxygen atoms in total. The Labute approximate surface area is 185 Å². The van der Waals surface area contributed by atoms with Crippen molar-refractivity contribution >= 4 is 34.9 Å². The number of rotatable bonds is 3. The molecule has 0 bridgehead atoms. The van der Waals surface area contributed by atoms with Gasteiger partial charge in [-0.2, -0.15) is 0 Å². The number of carbonyl (C=O) groups excluding carboxylic acids is 1. The van der Waals surface area contributed by atoms with Crippen molar-refractivity contribution in [3.8, 4) is 0 Å². The highest BCUT2D eigenvalue weighted by Gasteiger charge is 2.38. The monoisotopic (exact) mass is 448 g/mol. The molecule has 2 heterocycles. The number of urea groups is 1. The van der Waals surface area contributed by atoms with Crippen molar-refractivity contribution in [3.05, 3.63) is 75.8 Å². The van der Waals surface area contributed by atoms with Crippen molar-refractivity contribution in [1.82, 2.24) is 15.3 Å². The predicted octanol–water partition coefficient (Wildman–Crippen LogP) is 5.93. The third kappa shape index (κ3) is 4.26. The van der Waals surface area contributed by atoms with Crippen LogP contribution < -0.4 is 10.3 Å². The fourth-order valence-electron chi connectivity index (χ4n) is 3.97. The molecule has 1 atom stereocenters. The lowest BCUT2D eigenvalue weighted by atomic mass is 10.1. The van der Waals surface area contributed by atoms with Gasteiger partial charge in [-0.15, -0.1) is 0 Å². The van der Waals surface area contributed by atoms with Crippen molar-refractivity contribution in [2.24, 2.45) is 0 Å². The van der Waals surface area contributed by atoms with E-state index in [-0.39, 0.29) is 6.03 Å². The van der Waals surface area contributed by atoms with Gasteiger partial charge in [-0.05, 0) is 56.2 Å². The van der Waals surface area contributed by atoms with Gasteiger partial charge >= 0.3 is 6.03 Å². The molecule has 8 heteroatoms. The molecule has 2 aromatic carbocycles. The first-order valence-electron chi connectivity index (χ1n) is 9.96. The molecule has 1 fully saturated rings. The molecular formula is C22H23Cl2FN4O. The van der Waals surface area contributed by atoms with E-state index in [1.165, 1.54) is 11.0 Å². The number of amides is 2. The number of halogens is 3. The number of hydrazine groups is 1. The van der Waals surface area contributed by atoms with Gasteiger partial charge in [0.2, 0.25) is 0 Å². The van der Waals surface area contributed by atoms with Crippen LogP contribution in [0.15, 0.2) is 54.4 Å². The Morgan fingerprint density at radius 2 is 1.70 bits per heavy atom. The smallest absolute Gasteiger partial charge is 0.318 e. The normalized spacial score (nSPS) is 19.7. The molecular weight excluding hydrogens is 426 g/mol. The van der Waals surface area contributed by atoms with Gasteiger partial charge in [0.05, 0.1) is 0 Å².